The van der Waals surface area contributed by atoms with E-state index in [1.54, 1.807) is 11.0 Å². The lowest BCUT2D eigenvalue weighted by Gasteiger charge is -2.14. The normalized spacial score (nSPS) is 30.4. The van der Waals surface area contributed by atoms with Gasteiger partial charge in [-0.3, -0.25) is 9.59 Å². The average molecular weight is 338 g/mol. The summed E-state index contributed by atoms with van der Waals surface area (Å²) >= 11 is 0. The number of benzene rings is 1. The first kappa shape index (κ1) is 14.8. The van der Waals surface area contributed by atoms with E-state index in [2.05, 4.69) is 10.1 Å². The highest BCUT2D eigenvalue weighted by Crippen LogP contribution is 2.48. The standard InChI is InChI=1S/C18H18N4O3/c1-10-2-4-11(5-3-10)8-21-9-19-18(20-21)22-16(23)14-12-6-7-13(25-12)15(14)17(22)24/h2-5,9,12-15H,6-8H2,1H3. The first-order chi connectivity index (χ1) is 12.1. The van der Waals surface area contributed by atoms with Crippen LogP contribution in [0.1, 0.15) is 24.0 Å². The summed E-state index contributed by atoms with van der Waals surface area (Å²) in [5, 5.41) is 4.36. The van der Waals surface area contributed by atoms with Gasteiger partial charge < -0.3 is 4.74 Å². The van der Waals surface area contributed by atoms with Crippen molar-refractivity contribution in [3.05, 3.63) is 41.7 Å². The smallest absolute Gasteiger partial charge is 0.258 e. The fourth-order valence-electron chi connectivity index (χ4n) is 4.25. The molecule has 3 fully saturated rings. The van der Waals surface area contributed by atoms with Crippen LogP contribution in [-0.2, 0) is 20.9 Å². The van der Waals surface area contributed by atoms with E-state index < -0.39 is 0 Å². The Labute approximate surface area is 144 Å². The van der Waals surface area contributed by atoms with Crippen molar-refractivity contribution in [3.8, 4) is 0 Å². The highest BCUT2D eigenvalue weighted by Gasteiger charge is 2.63. The predicted octanol–water partition coefficient (Wildman–Crippen LogP) is 1.30. The second-order valence-corrected chi connectivity index (χ2v) is 7.08. The fourth-order valence-corrected chi connectivity index (χ4v) is 4.25. The summed E-state index contributed by atoms with van der Waals surface area (Å²) in [6.07, 6.45) is 3.04. The lowest BCUT2D eigenvalue weighted by atomic mass is 9.81. The molecule has 7 nitrogen and oxygen atoms in total. The van der Waals surface area contributed by atoms with E-state index in [4.69, 9.17) is 4.74 Å². The summed E-state index contributed by atoms with van der Waals surface area (Å²) in [5.74, 6) is -0.952. The minimum atomic E-state index is -0.352. The molecular weight excluding hydrogens is 320 g/mol. The van der Waals surface area contributed by atoms with Crippen molar-refractivity contribution in [1.29, 1.82) is 0 Å². The van der Waals surface area contributed by atoms with E-state index in [-0.39, 0.29) is 41.8 Å². The number of carbonyl (C=O) groups excluding carboxylic acids is 2. The molecule has 4 heterocycles. The maximum absolute atomic E-state index is 12.7. The van der Waals surface area contributed by atoms with E-state index in [9.17, 15) is 9.59 Å². The molecule has 128 valence electrons. The molecule has 1 aromatic heterocycles. The van der Waals surface area contributed by atoms with Crippen LogP contribution in [0.5, 0.6) is 0 Å². The van der Waals surface area contributed by atoms with Gasteiger partial charge in [0.25, 0.3) is 5.95 Å². The molecule has 3 aliphatic heterocycles. The van der Waals surface area contributed by atoms with Crippen molar-refractivity contribution >= 4 is 17.8 Å². The quantitative estimate of drug-likeness (QED) is 0.789. The van der Waals surface area contributed by atoms with Gasteiger partial charge in [-0.2, -0.15) is 4.98 Å². The van der Waals surface area contributed by atoms with Gasteiger partial charge in [0.15, 0.2) is 0 Å². The summed E-state index contributed by atoms with van der Waals surface area (Å²) < 4.78 is 7.40. The highest BCUT2D eigenvalue weighted by molar-refractivity contribution is 6.21. The maximum atomic E-state index is 12.7. The molecular formula is C18H18N4O3. The van der Waals surface area contributed by atoms with Crippen LogP contribution in [0, 0.1) is 18.8 Å². The van der Waals surface area contributed by atoms with E-state index in [1.165, 1.54) is 5.56 Å². The van der Waals surface area contributed by atoms with Crippen LogP contribution in [0.15, 0.2) is 30.6 Å². The summed E-state index contributed by atoms with van der Waals surface area (Å²) in [4.78, 5) is 30.8. The van der Waals surface area contributed by atoms with E-state index in [0.29, 0.717) is 6.54 Å². The third-order valence-electron chi connectivity index (χ3n) is 5.47. The zero-order chi connectivity index (χ0) is 17.1. The number of carbonyl (C=O) groups is 2. The first-order valence-corrected chi connectivity index (χ1v) is 8.60. The highest BCUT2D eigenvalue weighted by atomic mass is 16.5. The van der Waals surface area contributed by atoms with Crippen molar-refractivity contribution in [2.24, 2.45) is 11.8 Å². The summed E-state index contributed by atoms with van der Waals surface area (Å²) in [6, 6.07) is 8.14. The van der Waals surface area contributed by atoms with Gasteiger partial charge in [0.1, 0.15) is 6.33 Å². The van der Waals surface area contributed by atoms with Crippen LogP contribution in [0.4, 0.5) is 5.95 Å². The Hall–Kier alpha value is -2.54. The molecule has 2 aromatic rings. The zero-order valence-electron chi connectivity index (χ0n) is 13.8. The number of ether oxygens (including phenoxy) is 1. The molecule has 0 saturated carbocycles. The van der Waals surface area contributed by atoms with Gasteiger partial charge in [-0.1, -0.05) is 29.8 Å². The Kier molecular flexibility index (Phi) is 3.09. The molecule has 0 radical (unpaired) electrons. The second-order valence-electron chi connectivity index (χ2n) is 7.08. The Morgan fingerprint density at radius 1 is 1.08 bits per heavy atom. The van der Waals surface area contributed by atoms with Crippen molar-refractivity contribution < 1.29 is 14.3 Å². The van der Waals surface area contributed by atoms with Crippen LogP contribution in [0.2, 0.25) is 0 Å². The number of hydrogen-bond acceptors (Lipinski definition) is 5. The monoisotopic (exact) mass is 338 g/mol. The molecule has 2 amide bonds. The maximum Gasteiger partial charge on any atom is 0.258 e. The molecule has 7 heteroatoms. The molecule has 4 atom stereocenters. The average Bonchev–Trinajstić information content (AvgIpc) is 3.35. The van der Waals surface area contributed by atoms with Crippen LogP contribution in [0.25, 0.3) is 0 Å². The van der Waals surface area contributed by atoms with Crippen molar-refractivity contribution in [3.63, 3.8) is 0 Å². The molecule has 0 spiro atoms. The van der Waals surface area contributed by atoms with Crippen molar-refractivity contribution in [2.75, 3.05) is 4.90 Å². The first-order valence-electron chi connectivity index (χ1n) is 8.60. The molecule has 0 aliphatic carbocycles. The van der Waals surface area contributed by atoms with Gasteiger partial charge in [0.2, 0.25) is 11.8 Å². The Balaban J connectivity index is 1.39. The molecule has 5 rings (SSSR count). The number of rotatable bonds is 3. The number of nitrogens with zero attached hydrogens (tertiary/aromatic N) is 4. The van der Waals surface area contributed by atoms with Gasteiger partial charge in [0.05, 0.1) is 30.6 Å². The third kappa shape index (κ3) is 2.15. The van der Waals surface area contributed by atoms with Crippen molar-refractivity contribution in [2.45, 2.75) is 38.5 Å². The molecule has 2 bridgehead atoms. The second kappa shape index (κ2) is 5.23. The lowest BCUT2D eigenvalue weighted by molar-refractivity contribution is -0.124. The van der Waals surface area contributed by atoms with Gasteiger partial charge >= 0.3 is 0 Å². The molecule has 0 N–H and O–H groups in total. The summed E-state index contributed by atoms with van der Waals surface area (Å²) in [6.45, 7) is 2.58. The van der Waals surface area contributed by atoms with Crippen LogP contribution >= 0.6 is 0 Å². The Morgan fingerprint density at radius 3 is 2.36 bits per heavy atom. The number of imide groups is 1. The minimum absolute atomic E-state index is 0.119. The number of fused-ring (bicyclic) bond motifs is 5. The van der Waals surface area contributed by atoms with E-state index in [1.807, 2.05) is 31.2 Å². The number of amides is 2. The van der Waals surface area contributed by atoms with Crippen LogP contribution < -0.4 is 4.90 Å². The fraction of sp³-hybridized carbons (Fsp3) is 0.444. The third-order valence-corrected chi connectivity index (χ3v) is 5.47. The summed E-state index contributed by atoms with van der Waals surface area (Å²) in [7, 11) is 0. The topological polar surface area (TPSA) is 77.3 Å². The molecule has 1 aromatic carbocycles. The van der Waals surface area contributed by atoms with Gasteiger partial charge in [0, 0.05) is 0 Å². The van der Waals surface area contributed by atoms with E-state index >= 15 is 0 Å². The molecule has 3 saturated heterocycles. The zero-order valence-corrected chi connectivity index (χ0v) is 13.8. The Morgan fingerprint density at radius 2 is 1.72 bits per heavy atom. The lowest BCUT2D eigenvalue weighted by Crippen LogP contribution is -2.35. The van der Waals surface area contributed by atoms with E-state index in [0.717, 1.165) is 23.3 Å². The minimum Gasteiger partial charge on any atom is -0.373 e. The number of anilines is 1. The predicted molar refractivity (Wildman–Crippen MR) is 87.7 cm³/mol. The Bertz CT molecular complexity index is 831. The van der Waals surface area contributed by atoms with Gasteiger partial charge in [-0.25, -0.2) is 9.58 Å². The van der Waals surface area contributed by atoms with Crippen LogP contribution in [0.3, 0.4) is 0 Å². The molecule has 25 heavy (non-hydrogen) atoms. The van der Waals surface area contributed by atoms with Gasteiger partial charge in [-0.05, 0) is 25.3 Å². The number of aryl methyl sites for hydroxylation is 1. The number of aromatic nitrogens is 3. The van der Waals surface area contributed by atoms with Crippen molar-refractivity contribution in [1.82, 2.24) is 14.8 Å². The molecule has 4 unspecified atom stereocenters. The molecule has 3 aliphatic rings. The summed E-state index contributed by atoms with van der Waals surface area (Å²) in [5.41, 5.74) is 2.28. The largest absolute Gasteiger partial charge is 0.373 e. The SMILES string of the molecule is Cc1ccc(Cn2cnc(N3C(=O)C4C5CCC(O5)C4C3=O)n2)cc1. The van der Waals surface area contributed by atoms with Crippen LogP contribution in [-0.4, -0.2) is 38.8 Å². The van der Waals surface area contributed by atoms with Gasteiger partial charge in [-0.15, -0.1) is 5.10 Å². The number of hydrogen-bond donors (Lipinski definition) is 0.